The molecule has 0 saturated heterocycles. The fourth-order valence-electron chi connectivity index (χ4n) is 3.33. The lowest BCUT2D eigenvalue weighted by Crippen LogP contribution is -2.42. The van der Waals surface area contributed by atoms with Crippen LogP contribution in [0.5, 0.6) is 0 Å². The maximum absolute atomic E-state index is 13.7. The van der Waals surface area contributed by atoms with Crippen LogP contribution >= 0.6 is 0 Å². The highest BCUT2D eigenvalue weighted by Crippen LogP contribution is 2.48. The van der Waals surface area contributed by atoms with E-state index in [0.717, 1.165) is 0 Å². The van der Waals surface area contributed by atoms with Crippen molar-refractivity contribution in [3.63, 3.8) is 0 Å². The molecule has 194 valence electrons. The summed E-state index contributed by atoms with van der Waals surface area (Å²) in [5.74, 6) is -34.2. The number of hydrogen-bond donors (Lipinski definition) is 0. The van der Waals surface area contributed by atoms with E-state index < -0.39 is 92.3 Å². The summed E-state index contributed by atoms with van der Waals surface area (Å²) in [5, 5.41) is 0. The Morgan fingerprint density at radius 2 is 0.625 bits per heavy atom. The van der Waals surface area contributed by atoms with E-state index >= 15 is 0 Å². The Morgan fingerprint density at radius 3 is 0.844 bits per heavy atom. The van der Waals surface area contributed by atoms with Crippen molar-refractivity contribution >= 4 is 0 Å². The molecule has 0 aliphatic carbocycles. The minimum Gasteiger partial charge on any atom is -0.207 e. The van der Waals surface area contributed by atoms with Crippen LogP contribution in [0.3, 0.4) is 0 Å². The Balaban J connectivity index is 5.22. The molecule has 0 aromatic rings. The molecular weight excluding hydrogens is 482 g/mol. The lowest BCUT2D eigenvalue weighted by Gasteiger charge is -2.31. The second-order valence-corrected chi connectivity index (χ2v) is 8.86. The van der Waals surface area contributed by atoms with E-state index in [-0.39, 0.29) is 6.92 Å². The predicted octanol–water partition coefficient (Wildman–Crippen LogP) is 8.84. The Labute approximate surface area is 175 Å². The lowest BCUT2D eigenvalue weighted by molar-refractivity contribution is -0.205. The van der Waals surface area contributed by atoms with Gasteiger partial charge in [0.1, 0.15) is 0 Å². The Bertz CT molecular complexity index is 589. The van der Waals surface area contributed by atoms with Crippen molar-refractivity contribution in [2.75, 3.05) is 0 Å². The van der Waals surface area contributed by atoms with Gasteiger partial charge in [0, 0.05) is 6.42 Å². The summed E-state index contributed by atoms with van der Waals surface area (Å²) < 4.78 is 188. The molecule has 0 atom stereocenters. The van der Waals surface area contributed by atoms with Gasteiger partial charge in [0.15, 0.2) is 0 Å². The fraction of sp³-hybridized carbons (Fsp3) is 1.00. The van der Waals surface area contributed by atoms with Crippen LogP contribution in [-0.4, -0.2) is 41.5 Å². The minimum absolute atomic E-state index is 0.0426. The maximum atomic E-state index is 13.7. The summed E-state index contributed by atoms with van der Waals surface area (Å²) in [6, 6.07) is 0. The molecule has 0 N–H and O–H groups in total. The van der Waals surface area contributed by atoms with E-state index in [1.54, 1.807) is 0 Å². The first-order valence-electron chi connectivity index (χ1n) is 9.30. The highest BCUT2D eigenvalue weighted by molar-refractivity contribution is 4.90. The van der Waals surface area contributed by atoms with Crippen LogP contribution in [0.1, 0.15) is 65.7 Å². The number of rotatable bonds is 14. The largest absolute Gasteiger partial charge is 0.259 e. The average molecular weight is 506 g/mol. The summed E-state index contributed by atoms with van der Waals surface area (Å²) in [6.45, 7) is 2.41. The van der Waals surface area contributed by atoms with Gasteiger partial charge in [-0.1, -0.05) is 13.8 Å². The van der Waals surface area contributed by atoms with Crippen LogP contribution in [-0.2, 0) is 0 Å². The zero-order valence-corrected chi connectivity index (χ0v) is 17.3. The quantitative estimate of drug-likeness (QED) is 0.207. The standard InChI is InChI=1S/C18H24F14/c1-11(2)4-13(21,22)6-15(25,26)8-17(29,30)10-18(31,32)9-16(27,28)7-14(23,24)5-12(3,19)20/h11H,4-10H2,1-3H3. The first-order chi connectivity index (χ1) is 13.7. The summed E-state index contributed by atoms with van der Waals surface area (Å²) in [6.07, 6.45) is -17.5. The number of hydrogen-bond acceptors (Lipinski definition) is 0. The van der Waals surface area contributed by atoms with Crippen molar-refractivity contribution < 1.29 is 61.5 Å². The van der Waals surface area contributed by atoms with E-state index in [1.807, 2.05) is 0 Å². The van der Waals surface area contributed by atoms with Crippen LogP contribution in [0.2, 0.25) is 0 Å². The van der Waals surface area contributed by atoms with Crippen molar-refractivity contribution in [2.24, 2.45) is 5.92 Å². The molecule has 0 heterocycles. The topological polar surface area (TPSA) is 0 Å². The van der Waals surface area contributed by atoms with Gasteiger partial charge in [-0.25, -0.2) is 61.5 Å². The summed E-state index contributed by atoms with van der Waals surface area (Å²) >= 11 is 0. The molecule has 0 aliphatic heterocycles. The van der Waals surface area contributed by atoms with Crippen molar-refractivity contribution in [3.8, 4) is 0 Å². The normalized spacial score (nSPS) is 15.6. The van der Waals surface area contributed by atoms with E-state index in [0.29, 0.717) is 0 Å². The molecule has 0 amide bonds. The maximum Gasteiger partial charge on any atom is 0.259 e. The van der Waals surface area contributed by atoms with Crippen LogP contribution in [0.25, 0.3) is 0 Å². The van der Waals surface area contributed by atoms with E-state index in [1.165, 1.54) is 13.8 Å². The molecule has 32 heavy (non-hydrogen) atoms. The van der Waals surface area contributed by atoms with Crippen molar-refractivity contribution in [1.29, 1.82) is 0 Å². The summed E-state index contributed by atoms with van der Waals surface area (Å²) in [7, 11) is 0. The van der Waals surface area contributed by atoms with Gasteiger partial charge < -0.3 is 0 Å². The fourth-order valence-corrected chi connectivity index (χ4v) is 3.33. The molecule has 0 nitrogen and oxygen atoms in total. The summed E-state index contributed by atoms with van der Waals surface area (Å²) in [4.78, 5) is 0. The number of halogens is 14. The SMILES string of the molecule is CC(C)CC(F)(F)CC(F)(F)CC(F)(F)CC(F)(F)CC(F)(F)CC(F)(F)CC(C)(F)F. The second kappa shape index (κ2) is 9.71. The van der Waals surface area contributed by atoms with E-state index in [9.17, 15) is 61.5 Å². The smallest absolute Gasteiger partial charge is 0.207 e. The average Bonchev–Trinajstić information content (AvgIpc) is 2.22. The van der Waals surface area contributed by atoms with Crippen LogP contribution in [0.15, 0.2) is 0 Å². The van der Waals surface area contributed by atoms with Crippen LogP contribution < -0.4 is 0 Å². The molecule has 0 rings (SSSR count). The molecule has 0 radical (unpaired) electrons. The molecule has 0 spiro atoms. The van der Waals surface area contributed by atoms with Gasteiger partial charge in [0.25, 0.3) is 41.5 Å². The van der Waals surface area contributed by atoms with Gasteiger partial charge >= 0.3 is 0 Å². The molecule has 0 fully saturated rings. The third kappa shape index (κ3) is 14.2. The molecule has 0 unspecified atom stereocenters. The zero-order valence-electron chi connectivity index (χ0n) is 17.3. The Morgan fingerprint density at radius 1 is 0.406 bits per heavy atom. The van der Waals surface area contributed by atoms with Crippen molar-refractivity contribution in [3.05, 3.63) is 0 Å². The monoisotopic (exact) mass is 506 g/mol. The van der Waals surface area contributed by atoms with Gasteiger partial charge in [-0.15, -0.1) is 0 Å². The highest BCUT2D eigenvalue weighted by Gasteiger charge is 2.57. The molecule has 14 heteroatoms. The third-order valence-corrected chi connectivity index (χ3v) is 3.86. The molecular formula is C18H24F14. The Hall–Kier alpha value is -0.980. The van der Waals surface area contributed by atoms with Crippen LogP contribution in [0, 0.1) is 5.92 Å². The minimum atomic E-state index is -5.19. The summed E-state index contributed by atoms with van der Waals surface area (Å²) in [5.41, 5.74) is 0. The Kier molecular flexibility index (Phi) is 9.41. The second-order valence-electron chi connectivity index (χ2n) is 8.86. The van der Waals surface area contributed by atoms with Crippen LogP contribution in [0.4, 0.5) is 61.5 Å². The predicted molar refractivity (Wildman–Crippen MR) is 87.5 cm³/mol. The van der Waals surface area contributed by atoms with Gasteiger partial charge in [0.05, 0.1) is 38.5 Å². The van der Waals surface area contributed by atoms with E-state index in [4.69, 9.17) is 0 Å². The van der Waals surface area contributed by atoms with Gasteiger partial charge in [-0.05, 0) is 12.8 Å². The van der Waals surface area contributed by atoms with E-state index in [2.05, 4.69) is 0 Å². The number of alkyl halides is 14. The van der Waals surface area contributed by atoms with Gasteiger partial charge in [-0.3, -0.25) is 0 Å². The van der Waals surface area contributed by atoms with Gasteiger partial charge in [0.2, 0.25) is 0 Å². The van der Waals surface area contributed by atoms with Crippen molar-refractivity contribution in [1.82, 2.24) is 0 Å². The first kappa shape index (κ1) is 31.0. The third-order valence-electron chi connectivity index (χ3n) is 3.86. The van der Waals surface area contributed by atoms with Crippen molar-refractivity contribution in [2.45, 2.75) is 107 Å². The molecule has 0 saturated carbocycles. The molecule has 0 aromatic heterocycles. The molecule has 0 bridgehead atoms. The molecule has 0 aliphatic rings. The molecule has 0 aromatic carbocycles. The zero-order chi connectivity index (χ0) is 26.0. The first-order valence-corrected chi connectivity index (χ1v) is 9.30. The lowest BCUT2D eigenvalue weighted by atomic mass is 9.92. The van der Waals surface area contributed by atoms with Gasteiger partial charge in [-0.2, -0.15) is 0 Å². The highest BCUT2D eigenvalue weighted by atomic mass is 19.3.